The van der Waals surface area contributed by atoms with Gasteiger partial charge in [-0.25, -0.2) is 0 Å². The zero-order valence-electron chi connectivity index (χ0n) is 14.3. The molecule has 3 heteroatoms. The molecule has 0 bridgehead atoms. The van der Waals surface area contributed by atoms with E-state index in [1.54, 1.807) is 18.9 Å². The molecule has 0 heterocycles. The zero-order chi connectivity index (χ0) is 17.0. The van der Waals surface area contributed by atoms with Crippen LogP contribution in [0.15, 0.2) is 54.6 Å². The van der Waals surface area contributed by atoms with Crippen molar-refractivity contribution in [2.24, 2.45) is 0 Å². The van der Waals surface area contributed by atoms with E-state index in [-0.39, 0.29) is 18.4 Å². The van der Waals surface area contributed by atoms with Crippen LogP contribution < -0.4 is 0 Å². The van der Waals surface area contributed by atoms with Crippen molar-refractivity contribution in [3.63, 3.8) is 0 Å². The highest BCUT2D eigenvalue weighted by molar-refractivity contribution is 5.77. The lowest BCUT2D eigenvalue weighted by atomic mass is 9.91. The van der Waals surface area contributed by atoms with Crippen LogP contribution in [-0.4, -0.2) is 23.0 Å². The van der Waals surface area contributed by atoms with E-state index in [9.17, 15) is 9.90 Å². The quantitative estimate of drug-likeness (QED) is 0.912. The average Bonchev–Trinajstić information content (AvgIpc) is 2.54. The summed E-state index contributed by atoms with van der Waals surface area (Å²) in [5.74, 6) is -0.0769. The summed E-state index contributed by atoms with van der Waals surface area (Å²) in [5, 5.41) is 10.6. The number of hydrogen-bond acceptors (Lipinski definition) is 2. The summed E-state index contributed by atoms with van der Waals surface area (Å²) in [6.07, 6.45) is 0.0592. The molecule has 2 rings (SSSR count). The van der Waals surface area contributed by atoms with Gasteiger partial charge in [0, 0.05) is 7.05 Å². The summed E-state index contributed by atoms with van der Waals surface area (Å²) in [4.78, 5) is 14.3. The van der Waals surface area contributed by atoms with Crippen molar-refractivity contribution >= 4 is 5.91 Å². The minimum absolute atomic E-state index is 0.0327. The molecule has 0 spiro atoms. The predicted molar refractivity (Wildman–Crippen MR) is 93.0 cm³/mol. The first-order valence-electron chi connectivity index (χ1n) is 7.91. The largest absolute Gasteiger partial charge is 0.385 e. The van der Waals surface area contributed by atoms with Gasteiger partial charge in [-0.05, 0) is 31.9 Å². The minimum atomic E-state index is -1.17. The second-order valence-electron chi connectivity index (χ2n) is 6.41. The van der Waals surface area contributed by atoms with Crippen molar-refractivity contribution in [2.45, 2.75) is 38.8 Å². The first-order valence-corrected chi connectivity index (χ1v) is 7.91. The van der Waals surface area contributed by atoms with Crippen molar-refractivity contribution in [1.82, 2.24) is 4.90 Å². The number of carbonyl (C=O) groups excluding carboxylic acids is 1. The molecule has 0 aliphatic rings. The molecule has 1 amide bonds. The van der Waals surface area contributed by atoms with Gasteiger partial charge < -0.3 is 10.0 Å². The number of hydrogen-bond donors (Lipinski definition) is 1. The van der Waals surface area contributed by atoms with Crippen LogP contribution in [0.5, 0.6) is 0 Å². The SMILES string of the molecule is Cc1ccc(C(C)N(C)C(=O)CC(C)(O)c2ccccc2)cc1. The predicted octanol–water partition coefficient (Wildman–Crippen LogP) is 3.81. The third-order valence-electron chi connectivity index (χ3n) is 4.43. The Balaban J connectivity index is 2.09. The molecule has 0 fully saturated rings. The number of benzene rings is 2. The van der Waals surface area contributed by atoms with Crippen molar-refractivity contribution in [1.29, 1.82) is 0 Å². The first-order chi connectivity index (χ1) is 10.8. The van der Waals surface area contributed by atoms with Gasteiger partial charge in [0.05, 0.1) is 18.1 Å². The highest BCUT2D eigenvalue weighted by atomic mass is 16.3. The van der Waals surface area contributed by atoms with Crippen molar-refractivity contribution in [3.05, 3.63) is 71.3 Å². The van der Waals surface area contributed by atoms with Gasteiger partial charge in [0.25, 0.3) is 0 Å². The highest BCUT2D eigenvalue weighted by Crippen LogP contribution is 2.27. The topological polar surface area (TPSA) is 40.5 Å². The van der Waals surface area contributed by atoms with E-state index in [0.717, 1.165) is 11.1 Å². The van der Waals surface area contributed by atoms with Crippen molar-refractivity contribution < 1.29 is 9.90 Å². The molecule has 0 aliphatic carbocycles. The normalized spacial score (nSPS) is 14.8. The fourth-order valence-corrected chi connectivity index (χ4v) is 2.60. The molecule has 122 valence electrons. The Morgan fingerprint density at radius 1 is 1.13 bits per heavy atom. The van der Waals surface area contributed by atoms with Crippen LogP contribution in [0.2, 0.25) is 0 Å². The number of nitrogens with zero attached hydrogens (tertiary/aromatic N) is 1. The number of aliphatic hydroxyl groups is 1. The van der Waals surface area contributed by atoms with Gasteiger partial charge in [0.1, 0.15) is 0 Å². The Labute approximate surface area is 138 Å². The molecule has 0 aliphatic heterocycles. The van der Waals surface area contributed by atoms with E-state index < -0.39 is 5.60 Å². The van der Waals surface area contributed by atoms with Crippen LogP contribution in [0.4, 0.5) is 0 Å². The van der Waals surface area contributed by atoms with E-state index in [1.807, 2.05) is 68.4 Å². The van der Waals surface area contributed by atoms with Gasteiger partial charge >= 0.3 is 0 Å². The molecule has 2 unspecified atom stereocenters. The number of rotatable bonds is 5. The number of aryl methyl sites for hydroxylation is 1. The Morgan fingerprint density at radius 3 is 2.26 bits per heavy atom. The molecule has 0 radical (unpaired) electrons. The lowest BCUT2D eigenvalue weighted by Gasteiger charge is -2.30. The molecular weight excluding hydrogens is 286 g/mol. The maximum atomic E-state index is 12.6. The summed E-state index contributed by atoms with van der Waals surface area (Å²) in [5.41, 5.74) is 1.87. The summed E-state index contributed by atoms with van der Waals surface area (Å²) < 4.78 is 0. The van der Waals surface area contributed by atoms with Crippen LogP contribution in [0.25, 0.3) is 0 Å². The van der Waals surface area contributed by atoms with E-state index in [1.165, 1.54) is 5.56 Å². The van der Waals surface area contributed by atoms with E-state index in [2.05, 4.69) is 0 Å². The van der Waals surface area contributed by atoms with Gasteiger partial charge in [0.2, 0.25) is 5.91 Å². The Kier molecular flexibility index (Phi) is 5.22. The fraction of sp³-hybridized carbons (Fsp3) is 0.350. The molecule has 23 heavy (non-hydrogen) atoms. The van der Waals surface area contributed by atoms with Crippen molar-refractivity contribution in [2.75, 3.05) is 7.05 Å². The summed E-state index contributed by atoms with van der Waals surface area (Å²) in [6, 6.07) is 17.5. The molecule has 0 saturated carbocycles. The molecular formula is C20H25NO2. The van der Waals surface area contributed by atoms with Crippen LogP contribution >= 0.6 is 0 Å². The summed E-state index contributed by atoms with van der Waals surface area (Å²) >= 11 is 0. The van der Waals surface area contributed by atoms with Crippen LogP contribution in [0.3, 0.4) is 0 Å². The monoisotopic (exact) mass is 311 g/mol. The lowest BCUT2D eigenvalue weighted by molar-refractivity contribution is -0.136. The standard InChI is InChI=1S/C20H25NO2/c1-15-10-12-17(13-11-15)16(2)21(4)19(22)14-20(3,23)18-8-6-5-7-9-18/h5-13,16,23H,14H2,1-4H3. The zero-order valence-corrected chi connectivity index (χ0v) is 14.3. The van der Waals surface area contributed by atoms with Gasteiger partial charge in [-0.15, -0.1) is 0 Å². The first kappa shape index (κ1) is 17.2. The lowest BCUT2D eigenvalue weighted by Crippen LogP contribution is -2.35. The fourth-order valence-electron chi connectivity index (χ4n) is 2.60. The highest BCUT2D eigenvalue weighted by Gasteiger charge is 2.29. The van der Waals surface area contributed by atoms with Gasteiger partial charge in [0.15, 0.2) is 0 Å². The van der Waals surface area contributed by atoms with Crippen molar-refractivity contribution in [3.8, 4) is 0 Å². The maximum Gasteiger partial charge on any atom is 0.226 e. The Morgan fingerprint density at radius 2 is 1.70 bits per heavy atom. The molecule has 1 N–H and O–H groups in total. The second-order valence-corrected chi connectivity index (χ2v) is 6.41. The average molecular weight is 311 g/mol. The number of amides is 1. The maximum absolute atomic E-state index is 12.6. The van der Waals surface area contributed by atoms with Gasteiger partial charge in [-0.1, -0.05) is 60.2 Å². The molecule has 0 saturated heterocycles. The third kappa shape index (κ3) is 4.20. The Hall–Kier alpha value is -2.13. The van der Waals surface area contributed by atoms with Crippen LogP contribution in [0.1, 0.15) is 43.0 Å². The molecule has 0 aromatic heterocycles. The van der Waals surface area contributed by atoms with Crippen LogP contribution in [-0.2, 0) is 10.4 Å². The molecule has 2 atom stereocenters. The smallest absolute Gasteiger partial charge is 0.226 e. The molecule has 2 aromatic carbocycles. The van der Waals surface area contributed by atoms with E-state index in [4.69, 9.17) is 0 Å². The molecule has 2 aromatic rings. The second kappa shape index (κ2) is 6.97. The minimum Gasteiger partial charge on any atom is -0.385 e. The number of carbonyl (C=O) groups is 1. The van der Waals surface area contributed by atoms with Gasteiger partial charge in [-0.2, -0.15) is 0 Å². The van der Waals surface area contributed by atoms with Crippen LogP contribution in [0, 0.1) is 6.92 Å². The molecule has 3 nitrogen and oxygen atoms in total. The van der Waals surface area contributed by atoms with E-state index in [0.29, 0.717) is 0 Å². The Bertz CT molecular complexity index is 647. The summed E-state index contributed by atoms with van der Waals surface area (Å²) in [6.45, 7) is 5.73. The summed E-state index contributed by atoms with van der Waals surface area (Å²) in [7, 11) is 1.79. The third-order valence-corrected chi connectivity index (χ3v) is 4.43. The van der Waals surface area contributed by atoms with Gasteiger partial charge in [-0.3, -0.25) is 4.79 Å². The van der Waals surface area contributed by atoms with E-state index >= 15 is 0 Å².